The van der Waals surface area contributed by atoms with Gasteiger partial charge in [-0.2, -0.15) is 5.26 Å². The largest absolute Gasteiger partial charge is 0.507 e. The van der Waals surface area contributed by atoms with Crippen LogP contribution in [0.25, 0.3) is 6.08 Å². The second kappa shape index (κ2) is 7.74. The van der Waals surface area contributed by atoms with Crippen LogP contribution in [-0.4, -0.2) is 42.2 Å². The monoisotopic (exact) mass is 370 g/mol. The third-order valence-corrected chi connectivity index (χ3v) is 4.71. The Morgan fingerprint density at radius 3 is 2.00 bits per heavy atom. The quantitative estimate of drug-likeness (QED) is 0.635. The Balaban J connectivity index is 2.54. The van der Waals surface area contributed by atoms with Crippen molar-refractivity contribution in [1.29, 1.82) is 5.26 Å². The van der Waals surface area contributed by atoms with Crippen LogP contribution in [-0.2, 0) is 20.4 Å². The number of nitriles is 1. The van der Waals surface area contributed by atoms with Crippen LogP contribution in [0.2, 0.25) is 0 Å². The molecule has 0 bridgehead atoms. The van der Waals surface area contributed by atoms with Crippen LogP contribution < -0.4 is 0 Å². The number of phenolic OH excluding ortho intramolecular Hbond substituents is 1. The fraction of sp³-hybridized carbons (Fsp3) is 0.545. The molecule has 1 amide bonds. The van der Waals surface area contributed by atoms with Crippen LogP contribution in [0.5, 0.6) is 5.75 Å². The number of phenols is 1. The highest BCUT2D eigenvalue weighted by atomic mass is 16.5. The van der Waals surface area contributed by atoms with Gasteiger partial charge in [0.15, 0.2) is 0 Å². The lowest BCUT2D eigenvalue weighted by molar-refractivity contribution is -0.130. The Bertz CT molecular complexity index is 748. The number of morpholine rings is 1. The van der Waals surface area contributed by atoms with Gasteiger partial charge in [-0.3, -0.25) is 4.79 Å². The topological polar surface area (TPSA) is 73.6 Å². The summed E-state index contributed by atoms with van der Waals surface area (Å²) in [6.45, 7) is 14.2. The van der Waals surface area contributed by atoms with Gasteiger partial charge < -0.3 is 14.7 Å². The van der Waals surface area contributed by atoms with Crippen molar-refractivity contribution in [1.82, 2.24) is 4.90 Å². The summed E-state index contributed by atoms with van der Waals surface area (Å²) < 4.78 is 5.28. The molecule has 27 heavy (non-hydrogen) atoms. The zero-order valence-electron chi connectivity index (χ0n) is 17.2. The summed E-state index contributed by atoms with van der Waals surface area (Å²) >= 11 is 0. The lowest BCUT2D eigenvalue weighted by Crippen LogP contribution is -2.41. The first kappa shape index (κ1) is 21.0. The molecule has 0 radical (unpaired) electrons. The van der Waals surface area contributed by atoms with Gasteiger partial charge in [0.05, 0.1) is 13.2 Å². The standard InChI is InChI=1S/C22H30N2O3/c1-21(2,3)17-12-15(13-18(19(17)25)22(4,5)6)11-16(14-23)20(26)24-7-9-27-10-8-24/h11-13,25H,7-10H2,1-6H3/b16-11+. The minimum atomic E-state index is -0.275. The van der Waals surface area contributed by atoms with Crippen molar-refractivity contribution in [2.75, 3.05) is 26.3 Å². The highest BCUT2D eigenvalue weighted by molar-refractivity contribution is 6.01. The van der Waals surface area contributed by atoms with E-state index in [-0.39, 0.29) is 28.1 Å². The van der Waals surface area contributed by atoms with Gasteiger partial charge in [0, 0.05) is 24.2 Å². The molecule has 5 heteroatoms. The predicted molar refractivity (Wildman–Crippen MR) is 106 cm³/mol. The number of nitrogens with zero attached hydrogens (tertiary/aromatic N) is 2. The molecule has 2 rings (SSSR count). The SMILES string of the molecule is CC(C)(C)c1cc(/C=C(\C#N)C(=O)N2CCOCC2)cc(C(C)(C)C)c1O. The molecule has 1 aliphatic rings. The number of amides is 1. The lowest BCUT2D eigenvalue weighted by atomic mass is 9.78. The van der Waals surface area contributed by atoms with E-state index in [1.165, 1.54) is 0 Å². The van der Waals surface area contributed by atoms with Gasteiger partial charge in [-0.05, 0) is 34.6 Å². The molecule has 1 aromatic rings. The Labute approximate surface area is 162 Å². The summed E-state index contributed by atoms with van der Waals surface area (Å²) in [6.07, 6.45) is 1.63. The van der Waals surface area contributed by atoms with Crippen molar-refractivity contribution >= 4 is 12.0 Å². The lowest BCUT2D eigenvalue weighted by Gasteiger charge is -2.28. The van der Waals surface area contributed by atoms with E-state index in [0.29, 0.717) is 26.3 Å². The second-order valence-corrected chi connectivity index (χ2v) is 9.04. The first-order chi connectivity index (χ1) is 12.4. The average Bonchev–Trinajstić information content (AvgIpc) is 2.59. The van der Waals surface area contributed by atoms with Gasteiger partial charge in [-0.1, -0.05) is 41.5 Å². The smallest absolute Gasteiger partial charge is 0.264 e. The molecule has 0 unspecified atom stereocenters. The highest BCUT2D eigenvalue weighted by Gasteiger charge is 2.27. The molecule has 1 aromatic carbocycles. The molecule has 0 saturated carbocycles. The van der Waals surface area contributed by atoms with Crippen molar-refractivity contribution in [3.63, 3.8) is 0 Å². The molecular formula is C22H30N2O3. The van der Waals surface area contributed by atoms with Crippen molar-refractivity contribution in [2.45, 2.75) is 52.4 Å². The van der Waals surface area contributed by atoms with E-state index in [9.17, 15) is 15.2 Å². The number of rotatable bonds is 2. The fourth-order valence-corrected chi connectivity index (χ4v) is 3.13. The maximum atomic E-state index is 12.7. The molecule has 5 nitrogen and oxygen atoms in total. The maximum absolute atomic E-state index is 12.7. The van der Waals surface area contributed by atoms with E-state index < -0.39 is 0 Å². The number of aromatic hydroxyl groups is 1. The van der Waals surface area contributed by atoms with Crippen LogP contribution in [0.4, 0.5) is 0 Å². The highest BCUT2D eigenvalue weighted by Crippen LogP contribution is 2.40. The molecule has 1 N–H and O–H groups in total. The van der Waals surface area contributed by atoms with E-state index in [2.05, 4.69) is 0 Å². The summed E-state index contributed by atoms with van der Waals surface area (Å²) in [5.74, 6) is 0.00801. The molecule has 1 heterocycles. The first-order valence-electron chi connectivity index (χ1n) is 9.32. The molecule has 1 aliphatic heterocycles. The van der Waals surface area contributed by atoms with Crippen molar-refractivity contribution in [3.05, 3.63) is 34.4 Å². The van der Waals surface area contributed by atoms with E-state index in [1.807, 2.05) is 59.7 Å². The third-order valence-electron chi connectivity index (χ3n) is 4.71. The van der Waals surface area contributed by atoms with Crippen LogP contribution in [0.15, 0.2) is 17.7 Å². The number of benzene rings is 1. The normalized spacial score (nSPS) is 16.2. The van der Waals surface area contributed by atoms with Crippen molar-refractivity contribution in [2.24, 2.45) is 0 Å². The van der Waals surface area contributed by atoms with Gasteiger partial charge in [0.1, 0.15) is 17.4 Å². The minimum absolute atomic E-state index is 0.0994. The van der Waals surface area contributed by atoms with Crippen LogP contribution in [0.3, 0.4) is 0 Å². The average molecular weight is 370 g/mol. The number of hydrogen-bond donors (Lipinski definition) is 1. The third kappa shape index (κ3) is 4.90. The zero-order chi connectivity index (χ0) is 20.4. The van der Waals surface area contributed by atoms with Gasteiger partial charge in [-0.25, -0.2) is 0 Å². The van der Waals surface area contributed by atoms with E-state index in [0.717, 1.165) is 16.7 Å². The molecule has 0 spiro atoms. The number of hydrogen-bond acceptors (Lipinski definition) is 4. The molecule has 146 valence electrons. The molecule has 0 aliphatic carbocycles. The van der Waals surface area contributed by atoms with E-state index >= 15 is 0 Å². The van der Waals surface area contributed by atoms with Crippen molar-refractivity contribution in [3.8, 4) is 11.8 Å². The Kier molecular flexibility index (Phi) is 6.01. The second-order valence-electron chi connectivity index (χ2n) is 9.04. The Hall–Kier alpha value is -2.32. The zero-order valence-corrected chi connectivity index (χ0v) is 17.2. The number of ether oxygens (including phenoxy) is 1. The van der Waals surface area contributed by atoms with Gasteiger partial charge in [-0.15, -0.1) is 0 Å². The van der Waals surface area contributed by atoms with E-state index in [1.54, 1.807) is 11.0 Å². The summed E-state index contributed by atoms with van der Waals surface area (Å²) in [4.78, 5) is 14.3. The summed E-state index contributed by atoms with van der Waals surface area (Å²) in [7, 11) is 0. The molecule has 0 atom stereocenters. The summed E-state index contributed by atoms with van der Waals surface area (Å²) in [5.41, 5.74) is 1.92. The Morgan fingerprint density at radius 1 is 1.11 bits per heavy atom. The van der Waals surface area contributed by atoms with Crippen LogP contribution in [0, 0.1) is 11.3 Å². The maximum Gasteiger partial charge on any atom is 0.264 e. The van der Waals surface area contributed by atoms with Crippen molar-refractivity contribution < 1.29 is 14.6 Å². The summed E-state index contributed by atoms with van der Waals surface area (Å²) in [6, 6.07) is 5.78. The van der Waals surface area contributed by atoms with Crippen LogP contribution in [0.1, 0.15) is 58.2 Å². The van der Waals surface area contributed by atoms with Gasteiger partial charge in [0.25, 0.3) is 5.91 Å². The number of carbonyl (C=O) groups is 1. The minimum Gasteiger partial charge on any atom is -0.507 e. The molecule has 1 saturated heterocycles. The molecule has 0 aromatic heterocycles. The van der Waals surface area contributed by atoms with Crippen LogP contribution >= 0.6 is 0 Å². The van der Waals surface area contributed by atoms with Gasteiger partial charge >= 0.3 is 0 Å². The first-order valence-corrected chi connectivity index (χ1v) is 9.32. The number of carbonyl (C=O) groups excluding carboxylic acids is 1. The molecule has 1 fully saturated rings. The molecular weight excluding hydrogens is 340 g/mol. The fourth-order valence-electron chi connectivity index (χ4n) is 3.13. The van der Waals surface area contributed by atoms with Gasteiger partial charge in [0.2, 0.25) is 0 Å². The Morgan fingerprint density at radius 2 is 1.59 bits per heavy atom. The van der Waals surface area contributed by atoms with E-state index in [4.69, 9.17) is 4.74 Å². The summed E-state index contributed by atoms with van der Waals surface area (Å²) in [5, 5.41) is 20.4. The predicted octanol–water partition coefficient (Wildman–Crippen LogP) is 3.75.